The molecule has 2 aromatic carbocycles. The van der Waals surface area contributed by atoms with E-state index in [1.165, 1.54) is 25.7 Å². The van der Waals surface area contributed by atoms with Gasteiger partial charge in [0.25, 0.3) is 5.91 Å². The van der Waals surface area contributed by atoms with E-state index in [2.05, 4.69) is 31.5 Å². The van der Waals surface area contributed by atoms with Crippen LogP contribution >= 0.6 is 0 Å². The lowest BCUT2D eigenvalue weighted by Crippen LogP contribution is -2.56. The van der Waals surface area contributed by atoms with Crippen molar-refractivity contribution in [3.05, 3.63) is 65.7 Å². The van der Waals surface area contributed by atoms with Gasteiger partial charge in [-0.05, 0) is 75.4 Å². The van der Waals surface area contributed by atoms with Crippen LogP contribution in [-0.4, -0.2) is 91.9 Å². The summed E-state index contributed by atoms with van der Waals surface area (Å²) in [6.07, 6.45) is 6.21. The summed E-state index contributed by atoms with van der Waals surface area (Å²) in [6.45, 7) is 7.71. The van der Waals surface area contributed by atoms with Crippen LogP contribution in [0.15, 0.2) is 54.6 Å². The number of hydrogen-bond donors (Lipinski definition) is 5. The molecule has 0 unspecified atom stereocenters. The quantitative estimate of drug-likeness (QED) is 0.253. The molecule has 0 spiro atoms. The highest BCUT2D eigenvalue weighted by Crippen LogP contribution is 2.19. The molecule has 3 atom stereocenters. The summed E-state index contributed by atoms with van der Waals surface area (Å²) in [5, 5.41) is 14.2. The maximum absolute atomic E-state index is 13.7. The van der Waals surface area contributed by atoms with Gasteiger partial charge in [-0.1, -0.05) is 69.2 Å². The predicted molar refractivity (Wildman–Crippen MR) is 191 cm³/mol. The third kappa shape index (κ3) is 12.8. The molecule has 2 aliphatic heterocycles. The van der Waals surface area contributed by atoms with E-state index in [9.17, 15) is 24.0 Å². The molecule has 0 bridgehead atoms. The van der Waals surface area contributed by atoms with E-state index in [-0.39, 0.29) is 43.4 Å². The molecule has 1 fully saturated rings. The third-order valence-electron chi connectivity index (χ3n) is 8.94. The fourth-order valence-electron chi connectivity index (χ4n) is 6.28. The van der Waals surface area contributed by atoms with Crippen LogP contribution in [0.1, 0.15) is 81.1 Å². The number of hydrogen-bond acceptors (Lipinski definition) is 7. The molecule has 0 saturated carbocycles. The minimum Gasteiger partial charge on any atom is -0.493 e. The lowest BCUT2D eigenvalue weighted by atomic mass is 10.0. The maximum atomic E-state index is 13.7. The normalized spacial score (nSPS) is 21.9. The maximum Gasteiger partial charge on any atom is 0.255 e. The molecule has 2 heterocycles. The molecular weight excluding hydrogens is 636 g/mol. The number of nitrogens with zero attached hydrogens (tertiary/aromatic N) is 1. The Balaban J connectivity index is 1.53. The highest BCUT2D eigenvalue weighted by atomic mass is 16.5. The van der Waals surface area contributed by atoms with Gasteiger partial charge in [0.05, 0.1) is 18.6 Å². The number of nitrogens with one attached hydrogen (secondary N) is 5. The van der Waals surface area contributed by atoms with E-state index in [4.69, 9.17) is 4.74 Å². The van der Waals surface area contributed by atoms with Gasteiger partial charge in [-0.3, -0.25) is 24.0 Å². The number of likely N-dealkylation sites (tertiary alicyclic amines) is 1. The fourth-order valence-corrected chi connectivity index (χ4v) is 6.28. The van der Waals surface area contributed by atoms with Gasteiger partial charge >= 0.3 is 0 Å². The smallest absolute Gasteiger partial charge is 0.255 e. The van der Waals surface area contributed by atoms with Gasteiger partial charge in [-0.2, -0.15) is 0 Å². The van der Waals surface area contributed by atoms with E-state index in [0.29, 0.717) is 25.1 Å². The summed E-state index contributed by atoms with van der Waals surface area (Å²) in [5.74, 6) is -2.13. The Kier molecular flexibility index (Phi) is 15.6. The van der Waals surface area contributed by atoms with Crippen LogP contribution in [0.25, 0.3) is 0 Å². The molecule has 5 amide bonds. The summed E-state index contributed by atoms with van der Waals surface area (Å²) < 4.78 is 5.93. The van der Waals surface area contributed by atoms with Gasteiger partial charge in [-0.25, -0.2) is 0 Å². The monoisotopic (exact) mass is 690 g/mol. The summed E-state index contributed by atoms with van der Waals surface area (Å²) in [6, 6.07) is 13.0. The Morgan fingerprint density at radius 3 is 2.32 bits per heavy atom. The first-order valence-electron chi connectivity index (χ1n) is 18.1. The molecule has 50 heavy (non-hydrogen) atoms. The standard InChI is InChI=1S/C38H54N6O6/c1-27(2)24-30-38(49)43-31(25-28-14-6-5-7-15-28)36(47)40-19-13-23-50-33-17-9-8-16-29(33)35(46)42-32(26-34(45)41-30)37(48)39-18-12-22-44-20-10-3-4-11-21-44/h5-9,14-17,27,30-32H,3-4,10-13,18-26H2,1-2H3,(H,39,48)(H,40,47)(H,41,45)(H,42,46)(H,43,49)/t30-,31-,32-/m0/s1. The Morgan fingerprint density at radius 2 is 1.58 bits per heavy atom. The second-order valence-electron chi connectivity index (χ2n) is 13.6. The zero-order valence-corrected chi connectivity index (χ0v) is 29.5. The molecule has 0 radical (unpaired) electrons. The molecule has 12 nitrogen and oxygen atoms in total. The number of ether oxygens (including phenoxy) is 1. The topological polar surface area (TPSA) is 158 Å². The molecule has 0 aliphatic carbocycles. The van der Waals surface area contributed by atoms with Crippen LogP contribution in [0.2, 0.25) is 0 Å². The van der Waals surface area contributed by atoms with Crippen molar-refractivity contribution in [2.24, 2.45) is 5.92 Å². The highest BCUT2D eigenvalue weighted by molar-refractivity contribution is 6.01. The predicted octanol–water partition coefficient (Wildman–Crippen LogP) is 2.71. The largest absolute Gasteiger partial charge is 0.493 e. The van der Waals surface area contributed by atoms with Crippen LogP contribution in [0.3, 0.4) is 0 Å². The van der Waals surface area contributed by atoms with Crippen LogP contribution < -0.4 is 31.3 Å². The number of rotatable bonds is 9. The highest BCUT2D eigenvalue weighted by Gasteiger charge is 2.31. The number of carbonyl (C=O) groups is 5. The molecule has 1 saturated heterocycles. The Bertz CT molecular complexity index is 1410. The molecule has 2 aromatic rings. The minimum atomic E-state index is -1.20. The summed E-state index contributed by atoms with van der Waals surface area (Å²) >= 11 is 0. The van der Waals surface area contributed by atoms with Crippen molar-refractivity contribution in [3.63, 3.8) is 0 Å². The lowest BCUT2D eigenvalue weighted by Gasteiger charge is -2.26. The number of carbonyl (C=O) groups excluding carboxylic acids is 5. The first-order valence-corrected chi connectivity index (χ1v) is 18.1. The van der Waals surface area contributed by atoms with Crippen LogP contribution in [0.4, 0.5) is 0 Å². The van der Waals surface area contributed by atoms with E-state index >= 15 is 0 Å². The van der Waals surface area contributed by atoms with Gasteiger partial charge in [0.2, 0.25) is 23.6 Å². The number of amides is 5. The van der Waals surface area contributed by atoms with Crippen molar-refractivity contribution in [1.82, 2.24) is 31.5 Å². The van der Waals surface area contributed by atoms with Crippen molar-refractivity contribution in [2.45, 2.75) is 89.8 Å². The fraction of sp³-hybridized carbons (Fsp3) is 0.553. The van der Waals surface area contributed by atoms with Gasteiger partial charge in [-0.15, -0.1) is 0 Å². The van der Waals surface area contributed by atoms with Gasteiger partial charge < -0.3 is 36.2 Å². The first-order chi connectivity index (χ1) is 24.2. The van der Waals surface area contributed by atoms with Gasteiger partial charge in [0.15, 0.2) is 0 Å². The molecule has 12 heteroatoms. The molecule has 272 valence electrons. The van der Waals surface area contributed by atoms with Crippen molar-refractivity contribution in [1.29, 1.82) is 0 Å². The Morgan fingerprint density at radius 1 is 0.860 bits per heavy atom. The van der Waals surface area contributed by atoms with Crippen molar-refractivity contribution in [2.75, 3.05) is 39.3 Å². The third-order valence-corrected chi connectivity index (χ3v) is 8.94. The lowest BCUT2D eigenvalue weighted by molar-refractivity contribution is -0.133. The molecule has 2 aliphatic rings. The Hall–Kier alpha value is -4.45. The number of para-hydroxylation sites is 1. The van der Waals surface area contributed by atoms with E-state index in [1.807, 2.05) is 44.2 Å². The van der Waals surface area contributed by atoms with E-state index < -0.39 is 41.8 Å². The SMILES string of the molecule is CC(C)C[C@@H]1NC(=O)C[C@@H](C(=O)NCCCN2CCCCCC2)NC(=O)c2ccccc2OCCCNC(=O)[C@H](Cc2ccccc2)NC1=O. The summed E-state index contributed by atoms with van der Waals surface area (Å²) in [5.41, 5.74) is 1.09. The van der Waals surface area contributed by atoms with Crippen LogP contribution in [-0.2, 0) is 25.6 Å². The van der Waals surface area contributed by atoms with Gasteiger partial charge in [0.1, 0.15) is 23.9 Å². The number of fused-ring (bicyclic) bond motifs is 1. The Labute approximate surface area is 295 Å². The first kappa shape index (κ1) is 38.4. The van der Waals surface area contributed by atoms with Crippen molar-refractivity contribution >= 4 is 29.5 Å². The summed E-state index contributed by atoms with van der Waals surface area (Å²) in [7, 11) is 0. The molecule has 4 rings (SSSR count). The van der Waals surface area contributed by atoms with Crippen LogP contribution in [0, 0.1) is 5.92 Å². The van der Waals surface area contributed by atoms with Crippen molar-refractivity contribution < 1.29 is 28.7 Å². The average Bonchev–Trinajstić information content (AvgIpc) is 3.38. The number of benzene rings is 2. The van der Waals surface area contributed by atoms with E-state index in [0.717, 1.165) is 31.6 Å². The van der Waals surface area contributed by atoms with Gasteiger partial charge in [0, 0.05) is 19.5 Å². The van der Waals surface area contributed by atoms with Crippen molar-refractivity contribution in [3.8, 4) is 5.75 Å². The second kappa shape index (κ2) is 20.3. The van der Waals surface area contributed by atoms with E-state index in [1.54, 1.807) is 24.3 Å². The molecule has 0 aromatic heterocycles. The average molecular weight is 691 g/mol. The zero-order chi connectivity index (χ0) is 35.7. The minimum absolute atomic E-state index is 0.0322. The molecular formula is C38H54N6O6. The second-order valence-corrected chi connectivity index (χ2v) is 13.6. The molecule has 5 N–H and O–H groups in total. The zero-order valence-electron chi connectivity index (χ0n) is 29.5. The van der Waals surface area contributed by atoms with Crippen LogP contribution in [0.5, 0.6) is 5.75 Å². The summed E-state index contributed by atoms with van der Waals surface area (Å²) in [4.78, 5) is 70.1.